The number of nitrogens with one attached hydrogen (secondary N) is 1. The molecule has 19 heavy (non-hydrogen) atoms. The third kappa shape index (κ3) is 6.37. The van der Waals surface area contributed by atoms with Gasteiger partial charge in [-0.3, -0.25) is 4.72 Å². The molecule has 0 aromatic carbocycles. The Kier molecular flexibility index (Phi) is 6.54. The quantitative estimate of drug-likeness (QED) is 0.666. The predicted molar refractivity (Wildman–Crippen MR) is 70.9 cm³/mol. The summed E-state index contributed by atoms with van der Waals surface area (Å²) in [5, 5.41) is 0. The van der Waals surface area contributed by atoms with Crippen molar-refractivity contribution >= 4 is 15.7 Å². The Morgan fingerprint density at radius 2 is 2.00 bits per heavy atom. The highest BCUT2D eigenvalue weighted by Crippen LogP contribution is 2.12. The van der Waals surface area contributed by atoms with E-state index in [9.17, 15) is 8.42 Å². The lowest BCUT2D eigenvalue weighted by atomic mass is 10.4. The van der Waals surface area contributed by atoms with Crippen molar-refractivity contribution in [3.8, 4) is 5.88 Å². The lowest BCUT2D eigenvalue weighted by molar-refractivity contribution is 0.0785. The molecule has 0 aliphatic heterocycles. The minimum Gasteiger partial charge on any atom is -0.481 e. The third-order valence-corrected chi connectivity index (χ3v) is 3.40. The Balaban J connectivity index is 2.40. The van der Waals surface area contributed by atoms with Gasteiger partial charge in [-0.1, -0.05) is 0 Å². The summed E-state index contributed by atoms with van der Waals surface area (Å²) in [6.45, 7) is 0.925. The molecular formula is C11H18N2O5S. The van der Waals surface area contributed by atoms with Crippen LogP contribution in [0.15, 0.2) is 18.3 Å². The van der Waals surface area contributed by atoms with Gasteiger partial charge >= 0.3 is 0 Å². The summed E-state index contributed by atoms with van der Waals surface area (Å²) in [6.07, 6.45) is 1.39. The van der Waals surface area contributed by atoms with Gasteiger partial charge in [-0.2, -0.15) is 0 Å². The summed E-state index contributed by atoms with van der Waals surface area (Å²) >= 11 is 0. The Morgan fingerprint density at radius 1 is 1.21 bits per heavy atom. The molecule has 8 heteroatoms. The van der Waals surface area contributed by atoms with Crippen molar-refractivity contribution < 1.29 is 22.6 Å². The summed E-state index contributed by atoms with van der Waals surface area (Å²) in [4.78, 5) is 3.91. The molecule has 0 aliphatic carbocycles. The van der Waals surface area contributed by atoms with E-state index in [4.69, 9.17) is 14.2 Å². The average molecular weight is 290 g/mol. The van der Waals surface area contributed by atoms with E-state index in [0.717, 1.165) is 0 Å². The molecule has 0 unspecified atom stereocenters. The number of ether oxygens (including phenoxy) is 3. The third-order valence-electron chi connectivity index (χ3n) is 2.15. The molecule has 1 heterocycles. The van der Waals surface area contributed by atoms with Crippen molar-refractivity contribution in [3.63, 3.8) is 0 Å². The monoisotopic (exact) mass is 290 g/mol. The number of nitrogens with zero attached hydrogens (tertiary/aromatic N) is 1. The van der Waals surface area contributed by atoms with Gasteiger partial charge in [-0.25, -0.2) is 13.4 Å². The van der Waals surface area contributed by atoms with Crippen LogP contribution in [0.5, 0.6) is 5.88 Å². The first kappa shape index (κ1) is 15.7. The van der Waals surface area contributed by atoms with Gasteiger partial charge < -0.3 is 14.2 Å². The normalized spacial score (nSPS) is 11.3. The highest BCUT2D eigenvalue weighted by Gasteiger charge is 2.10. The minimum atomic E-state index is -3.44. The number of methoxy groups -OCH3 is 2. The van der Waals surface area contributed by atoms with Gasteiger partial charge in [0.15, 0.2) is 0 Å². The lowest BCUT2D eigenvalue weighted by Gasteiger charge is -2.08. The van der Waals surface area contributed by atoms with Crippen molar-refractivity contribution in [1.29, 1.82) is 0 Å². The van der Waals surface area contributed by atoms with Crippen molar-refractivity contribution in [3.05, 3.63) is 18.3 Å². The highest BCUT2D eigenvalue weighted by atomic mass is 32.2. The molecule has 1 N–H and O–H groups in total. The maximum atomic E-state index is 11.7. The molecule has 0 saturated heterocycles. The molecule has 0 saturated carbocycles. The van der Waals surface area contributed by atoms with Gasteiger partial charge in [0.05, 0.1) is 44.6 Å². The fourth-order valence-electron chi connectivity index (χ4n) is 1.20. The molecule has 0 fully saturated rings. The first-order valence-corrected chi connectivity index (χ1v) is 7.30. The fraction of sp³-hybridized carbons (Fsp3) is 0.545. The van der Waals surface area contributed by atoms with E-state index in [1.807, 2.05) is 0 Å². The minimum absolute atomic E-state index is 0.113. The van der Waals surface area contributed by atoms with Gasteiger partial charge in [0.25, 0.3) is 0 Å². The van der Waals surface area contributed by atoms with Crippen LogP contribution in [0, 0.1) is 0 Å². The Morgan fingerprint density at radius 3 is 2.58 bits per heavy atom. The van der Waals surface area contributed by atoms with Crippen LogP contribution in [-0.2, 0) is 19.5 Å². The molecule has 1 rings (SSSR count). The SMILES string of the molecule is COCCOCCS(=O)(=O)Nc1ccc(OC)nc1. The number of anilines is 1. The van der Waals surface area contributed by atoms with E-state index in [0.29, 0.717) is 24.8 Å². The molecule has 0 radical (unpaired) electrons. The average Bonchev–Trinajstić information content (AvgIpc) is 2.39. The van der Waals surface area contributed by atoms with Gasteiger partial charge in [0, 0.05) is 13.2 Å². The largest absolute Gasteiger partial charge is 0.481 e. The van der Waals surface area contributed by atoms with Crippen LogP contribution in [0.3, 0.4) is 0 Å². The van der Waals surface area contributed by atoms with E-state index in [1.165, 1.54) is 13.3 Å². The van der Waals surface area contributed by atoms with E-state index < -0.39 is 10.0 Å². The lowest BCUT2D eigenvalue weighted by Crippen LogP contribution is -2.21. The van der Waals surface area contributed by atoms with E-state index in [2.05, 4.69) is 9.71 Å². The van der Waals surface area contributed by atoms with Crippen LogP contribution < -0.4 is 9.46 Å². The zero-order valence-electron chi connectivity index (χ0n) is 11.0. The standard InChI is InChI=1S/C11H18N2O5S/c1-16-5-6-18-7-8-19(14,15)13-10-3-4-11(17-2)12-9-10/h3-4,9,13H,5-8H2,1-2H3. The van der Waals surface area contributed by atoms with Crippen molar-refractivity contribution in [2.24, 2.45) is 0 Å². The van der Waals surface area contributed by atoms with Crippen LogP contribution in [0.25, 0.3) is 0 Å². The molecule has 7 nitrogen and oxygen atoms in total. The zero-order chi connectivity index (χ0) is 14.1. The first-order valence-electron chi connectivity index (χ1n) is 5.64. The Hall–Kier alpha value is -1.38. The molecule has 0 amide bonds. The van der Waals surface area contributed by atoms with Crippen molar-refractivity contribution in [2.75, 3.05) is 44.5 Å². The van der Waals surface area contributed by atoms with Crippen LogP contribution in [0.2, 0.25) is 0 Å². The van der Waals surface area contributed by atoms with Crippen molar-refractivity contribution in [2.45, 2.75) is 0 Å². The smallest absolute Gasteiger partial charge is 0.235 e. The van der Waals surface area contributed by atoms with E-state index in [1.54, 1.807) is 19.2 Å². The van der Waals surface area contributed by atoms with Gasteiger partial charge in [-0.05, 0) is 6.07 Å². The van der Waals surface area contributed by atoms with E-state index in [-0.39, 0.29) is 12.4 Å². The second-order valence-corrected chi connectivity index (χ2v) is 5.46. The molecule has 0 aliphatic rings. The summed E-state index contributed by atoms with van der Waals surface area (Å²) in [6, 6.07) is 3.15. The first-order chi connectivity index (χ1) is 9.07. The van der Waals surface area contributed by atoms with Crippen molar-refractivity contribution in [1.82, 2.24) is 4.98 Å². The number of pyridine rings is 1. The number of aromatic nitrogens is 1. The maximum absolute atomic E-state index is 11.7. The van der Waals surface area contributed by atoms with Crippen LogP contribution in [0.1, 0.15) is 0 Å². The molecule has 1 aromatic rings. The van der Waals surface area contributed by atoms with Gasteiger partial charge in [0.1, 0.15) is 0 Å². The zero-order valence-corrected chi connectivity index (χ0v) is 11.8. The number of rotatable bonds is 9. The highest BCUT2D eigenvalue weighted by molar-refractivity contribution is 7.92. The summed E-state index contributed by atoms with van der Waals surface area (Å²) in [7, 11) is -0.395. The fourth-order valence-corrected chi connectivity index (χ4v) is 2.12. The Bertz CT molecular complexity index is 460. The summed E-state index contributed by atoms with van der Waals surface area (Å²) < 4.78 is 40.6. The maximum Gasteiger partial charge on any atom is 0.235 e. The summed E-state index contributed by atoms with van der Waals surface area (Å²) in [5.74, 6) is 0.300. The van der Waals surface area contributed by atoms with Crippen LogP contribution in [0.4, 0.5) is 5.69 Å². The molecule has 0 spiro atoms. The van der Waals surface area contributed by atoms with Gasteiger partial charge in [0.2, 0.25) is 15.9 Å². The second kappa shape index (κ2) is 7.93. The molecule has 0 bridgehead atoms. The number of hydrogen-bond acceptors (Lipinski definition) is 6. The second-order valence-electron chi connectivity index (χ2n) is 3.62. The van der Waals surface area contributed by atoms with E-state index >= 15 is 0 Å². The molecule has 108 valence electrons. The topological polar surface area (TPSA) is 86.8 Å². The van der Waals surface area contributed by atoms with Gasteiger partial charge in [-0.15, -0.1) is 0 Å². The summed E-state index contributed by atoms with van der Waals surface area (Å²) in [5.41, 5.74) is 0.387. The van der Waals surface area contributed by atoms with Crippen LogP contribution in [-0.4, -0.2) is 53.2 Å². The number of hydrogen-bond donors (Lipinski definition) is 1. The number of sulfonamides is 1. The molecule has 1 aromatic heterocycles. The Labute approximate surface area is 112 Å². The molecule has 0 atom stereocenters. The van der Waals surface area contributed by atoms with Crippen LogP contribution >= 0.6 is 0 Å². The molecular weight excluding hydrogens is 272 g/mol. The predicted octanol–water partition coefficient (Wildman–Crippen LogP) is 0.495.